The van der Waals surface area contributed by atoms with Gasteiger partial charge in [-0.05, 0) is 12.1 Å². The van der Waals surface area contributed by atoms with Gasteiger partial charge in [0.15, 0.2) is 12.0 Å². The highest BCUT2D eigenvalue weighted by atomic mass is 35.5. The lowest BCUT2D eigenvalue weighted by atomic mass is 10.1. The normalized spacial score (nSPS) is 27.7. The van der Waals surface area contributed by atoms with E-state index in [9.17, 15) is 20.1 Å². The van der Waals surface area contributed by atoms with Gasteiger partial charge in [0.2, 0.25) is 0 Å². The molecule has 1 fully saturated rings. The molecule has 1 saturated heterocycles. The Morgan fingerprint density at radius 3 is 2.41 bits per heavy atom. The summed E-state index contributed by atoms with van der Waals surface area (Å²) < 4.78 is 14.9. The van der Waals surface area contributed by atoms with Crippen molar-refractivity contribution in [3.63, 3.8) is 0 Å². The molecule has 1 aromatic carbocycles. The number of hydrogen-bond acceptors (Lipinski definition) is 7. The fourth-order valence-electron chi connectivity index (χ4n) is 2.02. The van der Waals surface area contributed by atoms with Crippen molar-refractivity contribution in [2.45, 2.75) is 24.6 Å². The SMILES string of the molecule is COc1c(Cl)ccc(Cl)c1C(=O)OC[C@H]1O[C@@H](O)[C@H](O)[C@@H]1O. The van der Waals surface area contributed by atoms with Gasteiger partial charge >= 0.3 is 5.97 Å². The molecular formula is C13H14Cl2O7. The molecule has 122 valence electrons. The molecule has 0 saturated carbocycles. The van der Waals surface area contributed by atoms with Crippen LogP contribution in [0.5, 0.6) is 5.75 Å². The molecule has 7 nitrogen and oxygen atoms in total. The summed E-state index contributed by atoms with van der Waals surface area (Å²) in [6.45, 7) is -0.389. The minimum atomic E-state index is -1.54. The van der Waals surface area contributed by atoms with Crippen molar-refractivity contribution in [1.29, 1.82) is 0 Å². The number of carbonyl (C=O) groups is 1. The summed E-state index contributed by atoms with van der Waals surface area (Å²) in [5, 5.41) is 28.5. The molecular weight excluding hydrogens is 339 g/mol. The topological polar surface area (TPSA) is 105 Å². The first-order valence-electron chi connectivity index (χ1n) is 6.25. The smallest absolute Gasteiger partial charge is 0.343 e. The van der Waals surface area contributed by atoms with Crippen molar-refractivity contribution in [2.75, 3.05) is 13.7 Å². The van der Waals surface area contributed by atoms with Crippen molar-refractivity contribution in [2.24, 2.45) is 0 Å². The number of methoxy groups -OCH3 is 1. The molecule has 1 aromatic rings. The van der Waals surface area contributed by atoms with Gasteiger partial charge in [0, 0.05) is 0 Å². The van der Waals surface area contributed by atoms with Gasteiger partial charge in [0.25, 0.3) is 0 Å². The molecule has 0 spiro atoms. The first kappa shape index (κ1) is 17.3. The molecule has 4 atom stereocenters. The molecule has 9 heteroatoms. The lowest BCUT2D eigenvalue weighted by Gasteiger charge is -2.16. The second-order valence-corrected chi connectivity index (χ2v) is 5.40. The number of esters is 1. The summed E-state index contributed by atoms with van der Waals surface area (Å²) >= 11 is 11.9. The monoisotopic (exact) mass is 352 g/mol. The summed E-state index contributed by atoms with van der Waals surface area (Å²) in [4.78, 5) is 12.1. The zero-order chi connectivity index (χ0) is 16.4. The van der Waals surface area contributed by atoms with Gasteiger partial charge in [0.05, 0.1) is 17.2 Å². The number of rotatable bonds is 4. The molecule has 1 heterocycles. The first-order chi connectivity index (χ1) is 10.4. The van der Waals surface area contributed by atoms with Crippen molar-refractivity contribution < 1.29 is 34.3 Å². The van der Waals surface area contributed by atoms with Crippen LogP contribution in [-0.2, 0) is 9.47 Å². The van der Waals surface area contributed by atoms with Crippen LogP contribution < -0.4 is 4.74 Å². The van der Waals surface area contributed by atoms with Gasteiger partial charge in [-0.1, -0.05) is 23.2 Å². The Balaban J connectivity index is 2.09. The van der Waals surface area contributed by atoms with E-state index in [1.165, 1.54) is 19.2 Å². The van der Waals surface area contributed by atoms with Gasteiger partial charge in [-0.3, -0.25) is 0 Å². The molecule has 0 aliphatic carbocycles. The number of hydrogen-bond donors (Lipinski definition) is 3. The lowest BCUT2D eigenvalue weighted by molar-refractivity contribution is -0.133. The number of ether oxygens (including phenoxy) is 3. The highest BCUT2D eigenvalue weighted by Crippen LogP contribution is 2.34. The molecule has 1 aliphatic heterocycles. The van der Waals surface area contributed by atoms with Crippen LogP contribution in [0.15, 0.2) is 12.1 Å². The Bertz CT molecular complexity index is 566. The summed E-state index contributed by atoms with van der Waals surface area (Å²) in [7, 11) is 1.32. The molecule has 1 aliphatic rings. The molecule has 0 aromatic heterocycles. The van der Waals surface area contributed by atoms with E-state index in [1.807, 2.05) is 0 Å². The molecule has 2 rings (SSSR count). The number of halogens is 2. The number of carbonyl (C=O) groups excluding carboxylic acids is 1. The van der Waals surface area contributed by atoms with Gasteiger partial charge in [0.1, 0.15) is 30.5 Å². The Hall–Kier alpha value is -1.09. The van der Waals surface area contributed by atoms with E-state index in [0.29, 0.717) is 0 Å². The van der Waals surface area contributed by atoms with E-state index in [0.717, 1.165) is 0 Å². The van der Waals surface area contributed by atoms with Crippen LogP contribution in [0.25, 0.3) is 0 Å². The van der Waals surface area contributed by atoms with Crippen LogP contribution in [0.1, 0.15) is 10.4 Å². The third-order valence-electron chi connectivity index (χ3n) is 3.18. The van der Waals surface area contributed by atoms with Crippen molar-refractivity contribution in [1.82, 2.24) is 0 Å². The minimum absolute atomic E-state index is 0.0622. The number of aliphatic hydroxyl groups excluding tert-OH is 3. The predicted octanol–water partition coefficient (Wildman–Crippen LogP) is 0.598. The molecule has 3 N–H and O–H groups in total. The predicted molar refractivity (Wildman–Crippen MR) is 76.2 cm³/mol. The van der Waals surface area contributed by atoms with Gasteiger partial charge < -0.3 is 29.5 Å². The zero-order valence-electron chi connectivity index (χ0n) is 11.4. The second-order valence-electron chi connectivity index (χ2n) is 4.58. The average Bonchev–Trinajstić information content (AvgIpc) is 2.74. The van der Waals surface area contributed by atoms with Crippen LogP contribution in [0, 0.1) is 0 Å². The van der Waals surface area contributed by atoms with E-state index < -0.39 is 30.6 Å². The van der Waals surface area contributed by atoms with Crippen molar-refractivity contribution in [3.8, 4) is 5.75 Å². The van der Waals surface area contributed by atoms with Crippen LogP contribution in [0.4, 0.5) is 0 Å². The minimum Gasteiger partial charge on any atom is -0.494 e. The lowest BCUT2D eigenvalue weighted by Crippen LogP contribution is -2.34. The van der Waals surface area contributed by atoms with Crippen molar-refractivity contribution in [3.05, 3.63) is 27.7 Å². The van der Waals surface area contributed by atoms with E-state index in [2.05, 4.69) is 0 Å². The quantitative estimate of drug-likeness (QED) is 0.681. The van der Waals surface area contributed by atoms with Crippen LogP contribution in [0.2, 0.25) is 10.0 Å². The maximum absolute atomic E-state index is 12.1. The van der Waals surface area contributed by atoms with Gasteiger partial charge in [-0.15, -0.1) is 0 Å². The van der Waals surface area contributed by atoms with E-state index >= 15 is 0 Å². The van der Waals surface area contributed by atoms with Gasteiger partial charge in [-0.2, -0.15) is 0 Å². The van der Waals surface area contributed by atoms with Crippen LogP contribution >= 0.6 is 23.2 Å². The standard InChI is InChI=1S/C13H14Cl2O7/c1-20-11-6(15)3-2-5(14)8(11)12(18)21-4-7-9(16)10(17)13(19)22-7/h2-3,7,9-10,13,16-17,19H,4H2,1H3/t7-,9-,10-,13-/m1/s1. The molecule has 0 radical (unpaired) electrons. The summed E-state index contributed by atoms with van der Waals surface area (Å²) in [6, 6.07) is 2.88. The largest absolute Gasteiger partial charge is 0.494 e. The third-order valence-corrected chi connectivity index (χ3v) is 3.80. The highest BCUT2D eigenvalue weighted by Gasteiger charge is 2.42. The third kappa shape index (κ3) is 3.29. The van der Waals surface area contributed by atoms with Crippen molar-refractivity contribution >= 4 is 29.2 Å². The Morgan fingerprint density at radius 1 is 1.23 bits per heavy atom. The Morgan fingerprint density at radius 2 is 1.86 bits per heavy atom. The van der Waals surface area contributed by atoms with Crippen LogP contribution in [-0.4, -0.2) is 59.6 Å². The first-order valence-corrected chi connectivity index (χ1v) is 7.01. The maximum atomic E-state index is 12.1. The Labute approximate surface area is 135 Å². The summed E-state index contributed by atoms with van der Waals surface area (Å²) in [5.74, 6) is -0.775. The van der Waals surface area contributed by atoms with E-state index in [-0.39, 0.29) is 28.0 Å². The van der Waals surface area contributed by atoms with Gasteiger partial charge in [-0.25, -0.2) is 4.79 Å². The highest BCUT2D eigenvalue weighted by molar-refractivity contribution is 6.37. The number of benzene rings is 1. The molecule has 0 bridgehead atoms. The summed E-state index contributed by atoms with van der Waals surface area (Å²) in [5.41, 5.74) is -0.0646. The zero-order valence-corrected chi connectivity index (χ0v) is 12.9. The summed E-state index contributed by atoms with van der Waals surface area (Å²) in [6.07, 6.45) is -5.44. The fourth-order valence-corrected chi connectivity index (χ4v) is 2.48. The number of aliphatic hydroxyl groups is 3. The molecule has 0 amide bonds. The van der Waals surface area contributed by atoms with Crippen LogP contribution in [0.3, 0.4) is 0 Å². The van der Waals surface area contributed by atoms with E-state index in [4.69, 9.17) is 37.4 Å². The molecule has 0 unspecified atom stereocenters. The molecule has 22 heavy (non-hydrogen) atoms. The maximum Gasteiger partial charge on any atom is 0.343 e. The Kier molecular flexibility index (Phi) is 5.49. The average molecular weight is 353 g/mol. The van der Waals surface area contributed by atoms with E-state index in [1.54, 1.807) is 0 Å². The second kappa shape index (κ2) is 6.99. The fraction of sp³-hybridized carbons (Fsp3) is 0.462.